The molecular formula is C7H11NO2. The van der Waals surface area contributed by atoms with Crippen molar-refractivity contribution in [3.8, 4) is 0 Å². The highest BCUT2D eigenvalue weighted by molar-refractivity contribution is 6.41. The summed E-state index contributed by atoms with van der Waals surface area (Å²) >= 11 is 0. The van der Waals surface area contributed by atoms with E-state index < -0.39 is 5.97 Å². The van der Waals surface area contributed by atoms with Gasteiger partial charge in [-0.3, -0.25) is 4.99 Å². The van der Waals surface area contributed by atoms with Gasteiger partial charge in [0, 0.05) is 6.54 Å². The number of nitrogens with zero attached hydrogens (tertiary/aromatic N) is 1. The zero-order valence-electron chi connectivity index (χ0n) is 6.26. The normalized spacial score (nSPS) is 10.8. The molecule has 0 aromatic rings. The minimum Gasteiger partial charge on any atom is -0.464 e. The molecule has 0 bridgehead atoms. The predicted octanol–water partition coefficient (Wildman–Crippen LogP) is 0.806. The Morgan fingerprint density at radius 2 is 2.40 bits per heavy atom. The molecule has 0 fully saturated rings. The third-order valence-corrected chi connectivity index (χ3v) is 0.916. The second kappa shape index (κ2) is 4.73. The quantitative estimate of drug-likeness (QED) is 0.431. The molecule has 10 heavy (non-hydrogen) atoms. The topological polar surface area (TPSA) is 38.7 Å². The molecule has 0 N–H and O–H groups in total. The van der Waals surface area contributed by atoms with Gasteiger partial charge in [-0.2, -0.15) is 0 Å². The minimum absolute atomic E-state index is 0.282. The maximum absolute atomic E-state index is 10.7. The first-order valence-electron chi connectivity index (χ1n) is 3.01. The maximum atomic E-state index is 10.7. The van der Waals surface area contributed by atoms with Crippen molar-refractivity contribution in [1.82, 2.24) is 0 Å². The van der Waals surface area contributed by atoms with Crippen LogP contribution in [0.3, 0.4) is 0 Å². The second-order valence-corrected chi connectivity index (χ2v) is 1.56. The molecule has 0 unspecified atom stereocenters. The summed E-state index contributed by atoms with van der Waals surface area (Å²) < 4.78 is 4.41. The smallest absolute Gasteiger partial charge is 0.356 e. The van der Waals surface area contributed by atoms with Gasteiger partial charge in [-0.25, -0.2) is 4.79 Å². The Labute approximate surface area is 60.4 Å². The van der Waals surface area contributed by atoms with E-state index >= 15 is 0 Å². The highest BCUT2D eigenvalue weighted by atomic mass is 16.5. The van der Waals surface area contributed by atoms with Crippen molar-refractivity contribution in [3.63, 3.8) is 0 Å². The summed E-state index contributed by atoms with van der Waals surface area (Å²) in [5.74, 6) is -0.433. The average Bonchev–Trinajstić information content (AvgIpc) is 1.99. The lowest BCUT2D eigenvalue weighted by atomic mass is 10.4. The molecule has 0 spiro atoms. The lowest BCUT2D eigenvalue weighted by molar-refractivity contribution is -0.132. The van der Waals surface area contributed by atoms with Crippen molar-refractivity contribution in [1.29, 1.82) is 0 Å². The Hall–Kier alpha value is -1.12. The fraction of sp³-hybridized carbons (Fsp3) is 0.429. The molecule has 0 aliphatic heterocycles. The van der Waals surface area contributed by atoms with Gasteiger partial charge >= 0.3 is 5.97 Å². The van der Waals surface area contributed by atoms with Gasteiger partial charge in [-0.1, -0.05) is 6.58 Å². The molecule has 0 rings (SSSR count). The maximum Gasteiger partial charge on any atom is 0.356 e. The van der Waals surface area contributed by atoms with Crippen molar-refractivity contribution in [2.45, 2.75) is 6.92 Å². The SMILES string of the molecule is C=CC(=NCC)C(=O)OC. The Bertz CT molecular complexity index is 161. The predicted molar refractivity (Wildman–Crippen MR) is 40.2 cm³/mol. The van der Waals surface area contributed by atoms with E-state index in [1.54, 1.807) is 0 Å². The number of aliphatic imine (C=N–C) groups is 1. The van der Waals surface area contributed by atoms with Gasteiger partial charge in [0.15, 0.2) is 0 Å². The fourth-order valence-corrected chi connectivity index (χ4v) is 0.487. The van der Waals surface area contributed by atoms with E-state index in [1.807, 2.05) is 6.92 Å². The second-order valence-electron chi connectivity index (χ2n) is 1.56. The standard InChI is InChI=1S/C7H11NO2/c1-4-6(8-5-2)7(9)10-3/h4H,1,5H2,2-3H3. The fourth-order valence-electron chi connectivity index (χ4n) is 0.487. The van der Waals surface area contributed by atoms with E-state index in [0.717, 1.165) is 0 Å². The van der Waals surface area contributed by atoms with Crippen LogP contribution in [-0.2, 0) is 9.53 Å². The van der Waals surface area contributed by atoms with Gasteiger partial charge in [0.05, 0.1) is 7.11 Å². The van der Waals surface area contributed by atoms with Gasteiger partial charge in [0.2, 0.25) is 0 Å². The number of carbonyl (C=O) groups is 1. The van der Waals surface area contributed by atoms with E-state index in [1.165, 1.54) is 13.2 Å². The van der Waals surface area contributed by atoms with Crippen molar-refractivity contribution in [2.24, 2.45) is 4.99 Å². The van der Waals surface area contributed by atoms with E-state index in [4.69, 9.17) is 0 Å². The van der Waals surface area contributed by atoms with Crippen LogP contribution in [0.2, 0.25) is 0 Å². The largest absolute Gasteiger partial charge is 0.464 e. The van der Waals surface area contributed by atoms with Crippen LogP contribution >= 0.6 is 0 Å². The summed E-state index contributed by atoms with van der Waals surface area (Å²) in [4.78, 5) is 14.5. The van der Waals surface area contributed by atoms with Crippen molar-refractivity contribution in [3.05, 3.63) is 12.7 Å². The van der Waals surface area contributed by atoms with E-state index in [2.05, 4.69) is 16.3 Å². The average molecular weight is 141 g/mol. The minimum atomic E-state index is -0.433. The summed E-state index contributed by atoms with van der Waals surface area (Å²) in [6.07, 6.45) is 1.38. The van der Waals surface area contributed by atoms with Crippen molar-refractivity contribution in [2.75, 3.05) is 13.7 Å². The van der Waals surface area contributed by atoms with E-state index in [9.17, 15) is 4.79 Å². The van der Waals surface area contributed by atoms with E-state index in [-0.39, 0.29) is 5.71 Å². The molecule has 0 radical (unpaired) electrons. The van der Waals surface area contributed by atoms with Gasteiger partial charge in [-0.05, 0) is 13.0 Å². The Balaban J connectivity index is 4.20. The first kappa shape index (κ1) is 8.88. The molecule has 0 amide bonds. The molecule has 0 saturated carbocycles. The molecule has 0 aliphatic rings. The Morgan fingerprint density at radius 3 is 2.70 bits per heavy atom. The molecule has 0 saturated heterocycles. The molecular weight excluding hydrogens is 130 g/mol. The summed E-state index contributed by atoms with van der Waals surface area (Å²) in [5, 5.41) is 0. The monoisotopic (exact) mass is 141 g/mol. The first-order valence-corrected chi connectivity index (χ1v) is 3.01. The van der Waals surface area contributed by atoms with Crippen LogP contribution in [0, 0.1) is 0 Å². The highest BCUT2D eigenvalue weighted by Gasteiger charge is 2.04. The molecule has 3 heteroatoms. The molecule has 3 nitrogen and oxygen atoms in total. The summed E-state index contributed by atoms with van der Waals surface area (Å²) in [7, 11) is 1.32. The third-order valence-electron chi connectivity index (χ3n) is 0.916. The molecule has 0 atom stereocenters. The first-order chi connectivity index (χ1) is 4.76. The van der Waals surface area contributed by atoms with Crippen molar-refractivity contribution >= 4 is 11.7 Å². The number of hydrogen-bond donors (Lipinski definition) is 0. The molecule has 0 heterocycles. The van der Waals surface area contributed by atoms with Gasteiger partial charge in [0.25, 0.3) is 0 Å². The lowest BCUT2D eigenvalue weighted by Crippen LogP contribution is -2.13. The third kappa shape index (κ3) is 2.44. The zero-order valence-corrected chi connectivity index (χ0v) is 6.26. The number of esters is 1. The Kier molecular flexibility index (Phi) is 4.20. The Morgan fingerprint density at radius 1 is 1.80 bits per heavy atom. The van der Waals surface area contributed by atoms with E-state index in [0.29, 0.717) is 6.54 Å². The molecule has 0 aromatic carbocycles. The van der Waals surface area contributed by atoms with Crippen LogP contribution in [0.4, 0.5) is 0 Å². The van der Waals surface area contributed by atoms with Crippen LogP contribution < -0.4 is 0 Å². The number of carbonyl (C=O) groups excluding carboxylic acids is 1. The van der Waals surface area contributed by atoms with Gasteiger partial charge in [0.1, 0.15) is 5.71 Å². The van der Waals surface area contributed by atoms with Crippen LogP contribution in [-0.4, -0.2) is 25.3 Å². The number of hydrogen-bond acceptors (Lipinski definition) is 3. The lowest BCUT2D eigenvalue weighted by Gasteiger charge is -1.95. The molecule has 0 aliphatic carbocycles. The van der Waals surface area contributed by atoms with Crippen LogP contribution in [0.5, 0.6) is 0 Å². The van der Waals surface area contributed by atoms with Crippen molar-refractivity contribution < 1.29 is 9.53 Å². The summed E-state index contributed by atoms with van der Waals surface area (Å²) in [6, 6.07) is 0. The number of methoxy groups -OCH3 is 1. The van der Waals surface area contributed by atoms with Crippen LogP contribution in [0.25, 0.3) is 0 Å². The van der Waals surface area contributed by atoms with Gasteiger partial charge in [-0.15, -0.1) is 0 Å². The van der Waals surface area contributed by atoms with Gasteiger partial charge < -0.3 is 4.74 Å². The zero-order chi connectivity index (χ0) is 7.98. The van der Waals surface area contributed by atoms with Crippen LogP contribution in [0.1, 0.15) is 6.92 Å². The summed E-state index contributed by atoms with van der Waals surface area (Å²) in [6.45, 7) is 5.82. The molecule has 0 aromatic heterocycles. The summed E-state index contributed by atoms with van der Waals surface area (Å²) in [5.41, 5.74) is 0.282. The van der Waals surface area contributed by atoms with Crippen LogP contribution in [0.15, 0.2) is 17.6 Å². The number of ether oxygens (including phenoxy) is 1. The number of rotatable bonds is 3. The molecule has 56 valence electrons. The highest BCUT2D eigenvalue weighted by Crippen LogP contribution is 1.84.